The molecule has 0 heterocycles. The molecule has 0 radical (unpaired) electrons. The maximum Gasteiger partial charge on any atom is 0.265 e. The van der Waals surface area contributed by atoms with Gasteiger partial charge in [-0.1, -0.05) is 47.5 Å². The molecule has 0 atom stereocenters. The van der Waals surface area contributed by atoms with Crippen LogP contribution in [0.1, 0.15) is 0 Å². The number of anilines is 1. The molecule has 0 unspecified atom stereocenters. The number of rotatable bonds is 4. The highest BCUT2D eigenvalue weighted by Gasteiger charge is 2.21. The predicted octanol–water partition coefficient (Wildman–Crippen LogP) is 4.96. The van der Waals surface area contributed by atoms with Gasteiger partial charge in [-0.05, 0) is 30.3 Å². The third-order valence-corrected chi connectivity index (χ3v) is 5.48. The number of nitrogens with one attached hydrogen (secondary N) is 1. The van der Waals surface area contributed by atoms with Crippen LogP contribution in [-0.4, -0.2) is 15.5 Å². The van der Waals surface area contributed by atoms with E-state index < -0.39 is 10.0 Å². The lowest BCUT2D eigenvalue weighted by molar-refractivity contribution is 0.403. The van der Waals surface area contributed by atoms with E-state index in [0.29, 0.717) is 21.1 Å². The first-order chi connectivity index (χ1) is 11.4. The molecular formula is C17H13Cl2NO3S. The van der Waals surface area contributed by atoms with E-state index in [1.54, 1.807) is 24.3 Å². The van der Waals surface area contributed by atoms with Crippen molar-refractivity contribution in [2.45, 2.75) is 4.90 Å². The lowest BCUT2D eigenvalue weighted by atomic mass is 10.1. The van der Waals surface area contributed by atoms with Crippen molar-refractivity contribution in [2.75, 3.05) is 11.8 Å². The quantitative estimate of drug-likeness (QED) is 0.694. The molecule has 3 aromatic rings. The molecule has 1 N–H and O–H groups in total. The number of hydrogen-bond donors (Lipinski definition) is 1. The van der Waals surface area contributed by atoms with E-state index in [1.165, 1.54) is 19.2 Å². The van der Waals surface area contributed by atoms with Crippen LogP contribution in [-0.2, 0) is 10.0 Å². The molecule has 7 heteroatoms. The summed E-state index contributed by atoms with van der Waals surface area (Å²) in [5.41, 5.74) is 0.428. The molecule has 0 saturated heterocycles. The summed E-state index contributed by atoms with van der Waals surface area (Å²) in [5.74, 6) is 0.213. The summed E-state index contributed by atoms with van der Waals surface area (Å²) >= 11 is 12.1. The molecule has 3 aromatic carbocycles. The Kier molecular flexibility index (Phi) is 4.58. The van der Waals surface area contributed by atoms with Crippen molar-refractivity contribution in [1.82, 2.24) is 0 Å². The summed E-state index contributed by atoms with van der Waals surface area (Å²) in [4.78, 5) is -0.0310. The normalized spacial score (nSPS) is 11.5. The van der Waals surface area contributed by atoms with E-state index in [-0.39, 0.29) is 10.6 Å². The highest BCUT2D eigenvalue weighted by Crippen LogP contribution is 2.33. The highest BCUT2D eigenvalue weighted by molar-refractivity contribution is 7.92. The first kappa shape index (κ1) is 16.9. The van der Waals surface area contributed by atoms with Gasteiger partial charge in [0.25, 0.3) is 10.0 Å². The Hall–Kier alpha value is -1.95. The number of benzene rings is 3. The lowest BCUT2D eigenvalue weighted by Crippen LogP contribution is -2.14. The Morgan fingerprint density at radius 1 is 0.958 bits per heavy atom. The van der Waals surface area contributed by atoms with Gasteiger partial charge in [0.05, 0.1) is 12.8 Å². The largest absolute Gasteiger partial charge is 0.495 e. The number of methoxy groups -OCH3 is 1. The van der Waals surface area contributed by atoms with Crippen molar-refractivity contribution in [1.29, 1.82) is 0 Å². The van der Waals surface area contributed by atoms with Crippen LogP contribution in [0.2, 0.25) is 10.0 Å². The average Bonchev–Trinajstić information content (AvgIpc) is 2.57. The molecule has 24 heavy (non-hydrogen) atoms. The molecule has 0 bridgehead atoms. The molecule has 0 fully saturated rings. The van der Waals surface area contributed by atoms with E-state index in [2.05, 4.69) is 4.72 Å². The number of halogens is 2. The number of sulfonamides is 1. The number of hydrogen-bond acceptors (Lipinski definition) is 3. The zero-order chi connectivity index (χ0) is 17.3. The molecule has 0 amide bonds. The molecule has 0 aliphatic rings. The van der Waals surface area contributed by atoms with E-state index in [0.717, 1.165) is 5.39 Å². The van der Waals surface area contributed by atoms with Crippen molar-refractivity contribution < 1.29 is 13.2 Å². The van der Waals surface area contributed by atoms with Crippen molar-refractivity contribution in [3.63, 3.8) is 0 Å². The van der Waals surface area contributed by atoms with Crippen molar-refractivity contribution >= 4 is 49.7 Å². The monoisotopic (exact) mass is 381 g/mol. The fourth-order valence-corrected chi connectivity index (χ4v) is 4.15. The number of fused-ring (bicyclic) bond motifs is 1. The maximum atomic E-state index is 12.8. The molecule has 0 saturated carbocycles. The van der Waals surface area contributed by atoms with Gasteiger partial charge in [0, 0.05) is 20.8 Å². The third-order valence-electron chi connectivity index (χ3n) is 3.53. The van der Waals surface area contributed by atoms with Gasteiger partial charge in [-0.3, -0.25) is 4.72 Å². The van der Waals surface area contributed by atoms with Crippen LogP contribution in [0.3, 0.4) is 0 Å². The standard InChI is InChI=1S/C17H13Cl2NO3S/c1-23-16-9-6-11(18)10-17(16)24(21,22)20-15-8-7-14(19)12-4-2-3-5-13(12)15/h2-10,20H,1H3. The minimum absolute atomic E-state index is 0.0310. The van der Waals surface area contributed by atoms with Crippen LogP contribution in [0.4, 0.5) is 5.69 Å². The van der Waals surface area contributed by atoms with Crippen LogP contribution in [0.15, 0.2) is 59.5 Å². The molecule has 124 valence electrons. The zero-order valence-electron chi connectivity index (χ0n) is 12.6. The lowest BCUT2D eigenvalue weighted by Gasteiger charge is -2.14. The van der Waals surface area contributed by atoms with Gasteiger partial charge in [-0.2, -0.15) is 0 Å². The summed E-state index contributed by atoms with van der Waals surface area (Å²) in [6.45, 7) is 0. The van der Waals surface area contributed by atoms with Gasteiger partial charge in [0.2, 0.25) is 0 Å². The third kappa shape index (κ3) is 3.15. The molecule has 0 aliphatic heterocycles. The van der Waals surface area contributed by atoms with Crippen LogP contribution in [0.5, 0.6) is 5.75 Å². The Morgan fingerprint density at radius 3 is 2.38 bits per heavy atom. The second-order valence-corrected chi connectivity index (χ2v) is 7.54. The molecule has 0 aliphatic carbocycles. The van der Waals surface area contributed by atoms with Crippen LogP contribution in [0.25, 0.3) is 10.8 Å². The Balaban J connectivity index is 2.12. The molecule has 0 spiro atoms. The van der Waals surface area contributed by atoms with Gasteiger partial charge >= 0.3 is 0 Å². The summed E-state index contributed by atoms with van der Waals surface area (Å²) < 4.78 is 33.3. The van der Waals surface area contributed by atoms with Crippen LogP contribution in [0, 0.1) is 0 Å². The van der Waals surface area contributed by atoms with Gasteiger partial charge in [-0.15, -0.1) is 0 Å². The smallest absolute Gasteiger partial charge is 0.265 e. The first-order valence-corrected chi connectivity index (χ1v) is 9.20. The predicted molar refractivity (Wildman–Crippen MR) is 97.8 cm³/mol. The fraction of sp³-hybridized carbons (Fsp3) is 0.0588. The average molecular weight is 382 g/mol. The van der Waals surface area contributed by atoms with Gasteiger partial charge in [0.15, 0.2) is 0 Å². The maximum absolute atomic E-state index is 12.8. The van der Waals surface area contributed by atoms with Crippen LogP contribution < -0.4 is 9.46 Å². The van der Waals surface area contributed by atoms with E-state index in [9.17, 15) is 8.42 Å². The summed E-state index contributed by atoms with van der Waals surface area (Å²) in [5, 5.41) is 2.32. The molecular weight excluding hydrogens is 369 g/mol. The molecule has 4 nitrogen and oxygen atoms in total. The van der Waals surface area contributed by atoms with Crippen molar-refractivity contribution in [2.24, 2.45) is 0 Å². The van der Waals surface area contributed by atoms with E-state index in [4.69, 9.17) is 27.9 Å². The van der Waals surface area contributed by atoms with E-state index in [1.807, 2.05) is 18.2 Å². The van der Waals surface area contributed by atoms with Crippen molar-refractivity contribution in [3.05, 3.63) is 64.6 Å². The van der Waals surface area contributed by atoms with Gasteiger partial charge < -0.3 is 4.74 Å². The minimum atomic E-state index is -3.89. The van der Waals surface area contributed by atoms with Gasteiger partial charge in [0.1, 0.15) is 10.6 Å². The number of ether oxygens (including phenoxy) is 1. The Labute approximate surface area is 150 Å². The van der Waals surface area contributed by atoms with Gasteiger partial charge in [-0.25, -0.2) is 8.42 Å². The summed E-state index contributed by atoms with van der Waals surface area (Å²) in [7, 11) is -2.48. The first-order valence-electron chi connectivity index (χ1n) is 6.96. The minimum Gasteiger partial charge on any atom is -0.495 e. The zero-order valence-corrected chi connectivity index (χ0v) is 14.9. The van der Waals surface area contributed by atoms with Crippen molar-refractivity contribution in [3.8, 4) is 5.75 Å². The van der Waals surface area contributed by atoms with E-state index >= 15 is 0 Å². The SMILES string of the molecule is COc1ccc(Cl)cc1S(=O)(=O)Nc1ccc(Cl)c2ccccc12. The second-order valence-electron chi connectivity index (χ2n) is 5.04. The topological polar surface area (TPSA) is 55.4 Å². The fourth-order valence-electron chi connectivity index (χ4n) is 2.41. The molecule has 3 rings (SSSR count). The summed E-state index contributed by atoms with van der Waals surface area (Å²) in [6, 6.07) is 15.0. The molecule has 0 aromatic heterocycles. The van der Waals surface area contributed by atoms with Crippen LogP contribution >= 0.6 is 23.2 Å². The summed E-state index contributed by atoms with van der Waals surface area (Å²) in [6.07, 6.45) is 0. The second kappa shape index (κ2) is 6.51. The highest BCUT2D eigenvalue weighted by atomic mass is 35.5. The Morgan fingerprint density at radius 2 is 1.67 bits per heavy atom. The Bertz CT molecular complexity index is 1020.